The second kappa shape index (κ2) is 5.53. The van der Waals surface area contributed by atoms with Crippen LogP contribution < -0.4 is 10.4 Å². The first-order valence-corrected chi connectivity index (χ1v) is 9.50. The first kappa shape index (κ1) is 15.0. The largest absolute Gasteiger partial charge is 0.478 e. The SMILES string of the molecule is C[Si](C)(c1ccccc1)c1ccc(C(=O)O)c(C(=O)O)c1. The van der Waals surface area contributed by atoms with Gasteiger partial charge in [-0.05, 0) is 12.1 Å². The molecule has 0 aliphatic heterocycles. The zero-order valence-electron chi connectivity index (χ0n) is 11.8. The minimum Gasteiger partial charge on any atom is -0.478 e. The molecule has 2 aromatic rings. The van der Waals surface area contributed by atoms with Gasteiger partial charge in [-0.1, -0.05) is 59.9 Å². The number of aromatic carboxylic acids is 2. The molecule has 0 spiro atoms. The van der Waals surface area contributed by atoms with Crippen LogP contribution in [0.5, 0.6) is 0 Å². The van der Waals surface area contributed by atoms with E-state index in [1.807, 2.05) is 30.3 Å². The second-order valence-corrected chi connectivity index (χ2v) is 9.77. The van der Waals surface area contributed by atoms with Crippen molar-refractivity contribution in [3.63, 3.8) is 0 Å². The van der Waals surface area contributed by atoms with Crippen molar-refractivity contribution in [2.45, 2.75) is 13.1 Å². The van der Waals surface area contributed by atoms with E-state index in [4.69, 9.17) is 5.11 Å². The quantitative estimate of drug-likeness (QED) is 0.846. The highest BCUT2D eigenvalue weighted by Gasteiger charge is 2.28. The molecule has 0 aromatic heterocycles. The minimum absolute atomic E-state index is 0.156. The van der Waals surface area contributed by atoms with Gasteiger partial charge >= 0.3 is 11.9 Å². The lowest BCUT2D eigenvalue weighted by atomic mass is 10.1. The van der Waals surface area contributed by atoms with Crippen molar-refractivity contribution in [3.8, 4) is 0 Å². The lowest BCUT2D eigenvalue weighted by Crippen LogP contribution is -2.53. The highest BCUT2D eigenvalue weighted by atomic mass is 28.3. The average Bonchev–Trinajstić information content (AvgIpc) is 2.47. The molecule has 0 aliphatic rings. The Kier molecular flexibility index (Phi) is 3.95. The van der Waals surface area contributed by atoms with Crippen molar-refractivity contribution >= 4 is 30.4 Å². The molecule has 0 atom stereocenters. The van der Waals surface area contributed by atoms with Crippen molar-refractivity contribution in [2.75, 3.05) is 0 Å². The molecule has 0 bridgehead atoms. The van der Waals surface area contributed by atoms with Gasteiger partial charge in [-0.2, -0.15) is 0 Å². The van der Waals surface area contributed by atoms with Crippen molar-refractivity contribution in [3.05, 3.63) is 59.7 Å². The lowest BCUT2D eigenvalue weighted by molar-refractivity contribution is 0.0651. The molecule has 2 N–H and O–H groups in total. The Labute approximate surface area is 123 Å². The number of benzene rings is 2. The van der Waals surface area contributed by atoms with Gasteiger partial charge in [0, 0.05) is 0 Å². The maximum Gasteiger partial charge on any atom is 0.336 e. The van der Waals surface area contributed by atoms with Gasteiger partial charge in [0.2, 0.25) is 0 Å². The standard InChI is InChI=1S/C16H16O4Si/c1-21(2,11-6-4-3-5-7-11)12-8-9-13(15(17)18)14(10-12)16(19)20/h3-10H,1-2H3,(H,17,18)(H,19,20). The van der Waals surface area contributed by atoms with Crippen LogP contribution in [0.25, 0.3) is 0 Å². The Morgan fingerprint density at radius 2 is 1.38 bits per heavy atom. The predicted molar refractivity (Wildman–Crippen MR) is 83.6 cm³/mol. The van der Waals surface area contributed by atoms with Crippen molar-refractivity contribution in [1.82, 2.24) is 0 Å². The molecule has 21 heavy (non-hydrogen) atoms. The Morgan fingerprint density at radius 1 is 0.810 bits per heavy atom. The summed E-state index contributed by atoms with van der Waals surface area (Å²) in [6.07, 6.45) is 0. The van der Waals surface area contributed by atoms with Crippen LogP contribution in [0.15, 0.2) is 48.5 Å². The van der Waals surface area contributed by atoms with Crippen LogP contribution >= 0.6 is 0 Å². The predicted octanol–water partition coefficient (Wildman–Crippen LogP) is 1.91. The molecular formula is C16H16O4Si. The number of rotatable bonds is 4. The Bertz CT molecular complexity index is 693. The average molecular weight is 300 g/mol. The summed E-state index contributed by atoms with van der Waals surface area (Å²) in [5, 5.41) is 20.4. The molecule has 0 radical (unpaired) electrons. The molecule has 0 unspecified atom stereocenters. The van der Waals surface area contributed by atoms with Crippen molar-refractivity contribution in [1.29, 1.82) is 0 Å². The van der Waals surface area contributed by atoms with Crippen LogP contribution in [0.4, 0.5) is 0 Å². The van der Waals surface area contributed by atoms with Crippen LogP contribution in [0.1, 0.15) is 20.7 Å². The summed E-state index contributed by atoms with van der Waals surface area (Å²) in [7, 11) is -2.05. The summed E-state index contributed by atoms with van der Waals surface area (Å²) >= 11 is 0. The smallest absolute Gasteiger partial charge is 0.336 e. The Hall–Kier alpha value is -2.40. The maximum absolute atomic E-state index is 11.3. The molecule has 2 rings (SSSR count). The Morgan fingerprint density at radius 3 is 1.90 bits per heavy atom. The summed E-state index contributed by atoms with van der Waals surface area (Å²) in [6, 6.07) is 14.5. The van der Waals surface area contributed by atoms with E-state index >= 15 is 0 Å². The number of hydrogen-bond donors (Lipinski definition) is 2. The van der Waals surface area contributed by atoms with Crippen molar-refractivity contribution < 1.29 is 19.8 Å². The van der Waals surface area contributed by atoms with Crippen LogP contribution in [-0.2, 0) is 0 Å². The summed E-state index contributed by atoms with van der Waals surface area (Å²) in [4.78, 5) is 22.4. The summed E-state index contributed by atoms with van der Waals surface area (Å²) in [5.41, 5.74) is -0.333. The Balaban J connectivity index is 2.57. The molecule has 0 aliphatic carbocycles. The van der Waals surface area contributed by atoms with E-state index < -0.39 is 20.0 Å². The van der Waals surface area contributed by atoms with Crippen molar-refractivity contribution in [2.24, 2.45) is 0 Å². The monoisotopic (exact) mass is 300 g/mol. The van der Waals surface area contributed by atoms with E-state index in [2.05, 4.69) is 13.1 Å². The first-order chi connectivity index (χ1) is 9.84. The van der Waals surface area contributed by atoms with E-state index in [0.29, 0.717) is 0 Å². The molecule has 0 fully saturated rings. The summed E-state index contributed by atoms with van der Waals surface area (Å²) < 4.78 is 0. The third-order valence-corrected chi connectivity index (χ3v) is 7.23. The molecule has 0 amide bonds. The number of hydrogen-bond acceptors (Lipinski definition) is 2. The fourth-order valence-electron chi connectivity index (χ4n) is 2.32. The fourth-order valence-corrected chi connectivity index (χ4v) is 4.68. The van der Waals surface area contributed by atoms with E-state index in [9.17, 15) is 14.7 Å². The molecule has 2 aromatic carbocycles. The van der Waals surface area contributed by atoms with Gasteiger partial charge in [0.05, 0.1) is 11.1 Å². The zero-order valence-corrected chi connectivity index (χ0v) is 12.8. The van der Waals surface area contributed by atoms with E-state index in [-0.39, 0.29) is 11.1 Å². The van der Waals surface area contributed by atoms with Crippen LogP contribution in [0.2, 0.25) is 13.1 Å². The van der Waals surface area contributed by atoms with Gasteiger partial charge in [-0.25, -0.2) is 9.59 Å². The maximum atomic E-state index is 11.3. The molecule has 5 heteroatoms. The van der Waals surface area contributed by atoms with Gasteiger partial charge in [-0.15, -0.1) is 0 Å². The fraction of sp³-hybridized carbons (Fsp3) is 0.125. The lowest BCUT2D eigenvalue weighted by Gasteiger charge is -2.24. The number of carboxylic acids is 2. The van der Waals surface area contributed by atoms with Gasteiger partial charge in [-0.3, -0.25) is 0 Å². The summed E-state index contributed by atoms with van der Waals surface area (Å²) in [6.45, 7) is 4.23. The van der Waals surface area contributed by atoms with Gasteiger partial charge in [0.1, 0.15) is 8.07 Å². The van der Waals surface area contributed by atoms with Crippen LogP contribution in [-0.4, -0.2) is 30.2 Å². The molecule has 4 nitrogen and oxygen atoms in total. The third-order valence-electron chi connectivity index (χ3n) is 3.70. The molecule has 108 valence electrons. The van der Waals surface area contributed by atoms with Gasteiger partial charge in [0.25, 0.3) is 0 Å². The first-order valence-electron chi connectivity index (χ1n) is 6.50. The molecule has 0 saturated heterocycles. The molecular weight excluding hydrogens is 284 g/mol. The third kappa shape index (κ3) is 2.87. The summed E-state index contributed by atoms with van der Waals surface area (Å²) in [5.74, 6) is -2.44. The van der Waals surface area contributed by atoms with Crippen LogP contribution in [0.3, 0.4) is 0 Å². The van der Waals surface area contributed by atoms with Gasteiger partial charge in [0.15, 0.2) is 0 Å². The van der Waals surface area contributed by atoms with E-state index in [1.165, 1.54) is 17.3 Å². The minimum atomic E-state index is -2.05. The topological polar surface area (TPSA) is 74.6 Å². The number of carboxylic acid groups (broad SMARTS) is 2. The number of carbonyl (C=O) groups is 2. The van der Waals surface area contributed by atoms with E-state index in [0.717, 1.165) is 5.19 Å². The molecule has 0 heterocycles. The zero-order chi connectivity index (χ0) is 15.6. The normalized spacial score (nSPS) is 11.1. The molecule has 0 saturated carbocycles. The highest BCUT2D eigenvalue weighted by Crippen LogP contribution is 2.12. The van der Waals surface area contributed by atoms with Crippen LogP contribution in [0, 0.1) is 0 Å². The highest BCUT2D eigenvalue weighted by molar-refractivity contribution is 7.00. The second-order valence-electron chi connectivity index (χ2n) is 5.36. The van der Waals surface area contributed by atoms with E-state index in [1.54, 1.807) is 6.07 Å². The van der Waals surface area contributed by atoms with Gasteiger partial charge < -0.3 is 10.2 Å².